The van der Waals surface area contributed by atoms with E-state index in [1.807, 2.05) is 0 Å². The number of aliphatic hydroxyl groups is 1. The molecule has 0 aliphatic heterocycles. The number of aromatic amines is 1. The van der Waals surface area contributed by atoms with Crippen molar-refractivity contribution in [3.05, 3.63) is 11.8 Å². The van der Waals surface area contributed by atoms with Crippen LogP contribution in [0.2, 0.25) is 0 Å². The molecule has 1 saturated carbocycles. The van der Waals surface area contributed by atoms with Crippen LogP contribution >= 0.6 is 0 Å². The molecule has 6 heteroatoms. The van der Waals surface area contributed by atoms with Crippen LogP contribution in [0, 0.1) is 5.92 Å². The van der Waals surface area contributed by atoms with Gasteiger partial charge in [-0.3, -0.25) is 9.89 Å². The Hall–Kier alpha value is -1.56. The number of nitrogens with two attached hydrogens (primary N) is 1. The second kappa shape index (κ2) is 4.13. The van der Waals surface area contributed by atoms with E-state index >= 15 is 0 Å². The molecule has 1 aliphatic rings. The van der Waals surface area contributed by atoms with Crippen molar-refractivity contribution in [1.82, 2.24) is 15.1 Å². The first-order chi connectivity index (χ1) is 7.56. The molecule has 6 nitrogen and oxygen atoms in total. The average molecular weight is 224 g/mol. The molecule has 1 amide bonds. The molecule has 1 fully saturated rings. The largest absolute Gasteiger partial charge is 0.393 e. The molecule has 16 heavy (non-hydrogen) atoms. The standard InChI is InChI=1S/C10H16N4O2/c1-14(5-6-2-7(15)3-6)10(16)8-4-9(11)13-12-8/h4,6-7,15H,2-3,5H2,1H3,(H3,11,12,13). The third-order valence-electron chi connectivity index (χ3n) is 2.92. The van der Waals surface area contributed by atoms with Gasteiger partial charge >= 0.3 is 0 Å². The predicted molar refractivity (Wildman–Crippen MR) is 58.7 cm³/mol. The van der Waals surface area contributed by atoms with Gasteiger partial charge in [0.15, 0.2) is 0 Å². The molecule has 1 aliphatic carbocycles. The van der Waals surface area contributed by atoms with Crippen LogP contribution in [-0.4, -0.2) is 45.8 Å². The third kappa shape index (κ3) is 2.16. The Morgan fingerprint density at radius 3 is 2.94 bits per heavy atom. The van der Waals surface area contributed by atoms with Crippen LogP contribution in [-0.2, 0) is 0 Å². The zero-order valence-electron chi connectivity index (χ0n) is 9.18. The number of rotatable bonds is 3. The summed E-state index contributed by atoms with van der Waals surface area (Å²) in [7, 11) is 1.74. The average Bonchev–Trinajstić information content (AvgIpc) is 2.61. The smallest absolute Gasteiger partial charge is 0.271 e. The second-order valence-electron chi connectivity index (χ2n) is 4.38. The van der Waals surface area contributed by atoms with Crippen molar-refractivity contribution in [2.45, 2.75) is 18.9 Å². The summed E-state index contributed by atoms with van der Waals surface area (Å²) in [5.41, 5.74) is 5.83. The quantitative estimate of drug-likeness (QED) is 0.664. The van der Waals surface area contributed by atoms with Crippen LogP contribution < -0.4 is 5.73 Å². The van der Waals surface area contributed by atoms with Crippen LogP contribution in [0.4, 0.5) is 5.82 Å². The summed E-state index contributed by atoms with van der Waals surface area (Å²) >= 11 is 0. The number of H-pyrrole nitrogens is 1. The number of amides is 1. The molecule has 0 radical (unpaired) electrons. The first-order valence-corrected chi connectivity index (χ1v) is 5.30. The molecule has 4 N–H and O–H groups in total. The molecular formula is C10H16N4O2. The Balaban J connectivity index is 1.89. The van der Waals surface area contributed by atoms with E-state index in [-0.39, 0.29) is 12.0 Å². The number of nitrogens with one attached hydrogen (secondary N) is 1. The molecule has 0 atom stereocenters. The maximum Gasteiger partial charge on any atom is 0.271 e. The van der Waals surface area contributed by atoms with E-state index in [1.165, 1.54) is 6.07 Å². The molecule has 1 aromatic rings. The van der Waals surface area contributed by atoms with E-state index in [9.17, 15) is 4.79 Å². The van der Waals surface area contributed by atoms with Crippen molar-refractivity contribution in [2.75, 3.05) is 19.3 Å². The Morgan fingerprint density at radius 2 is 2.44 bits per heavy atom. The molecule has 0 unspecified atom stereocenters. The maximum absolute atomic E-state index is 11.9. The number of carbonyl (C=O) groups is 1. The van der Waals surface area contributed by atoms with E-state index in [0.29, 0.717) is 24.0 Å². The van der Waals surface area contributed by atoms with Crippen molar-refractivity contribution in [3.8, 4) is 0 Å². The van der Waals surface area contributed by atoms with E-state index < -0.39 is 0 Å². The zero-order chi connectivity index (χ0) is 11.7. The second-order valence-corrected chi connectivity index (χ2v) is 4.38. The lowest BCUT2D eigenvalue weighted by Gasteiger charge is -2.34. The molecule has 2 rings (SSSR count). The fourth-order valence-electron chi connectivity index (χ4n) is 1.97. The first-order valence-electron chi connectivity index (χ1n) is 5.30. The Labute approximate surface area is 93.4 Å². The summed E-state index contributed by atoms with van der Waals surface area (Å²) in [4.78, 5) is 13.5. The Bertz CT molecular complexity index is 384. The number of hydrogen-bond donors (Lipinski definition) is 3. The van der Waals surface area contributed by atoms with Gasteiger partial charge in [-0.15, -0.1) is 0 Å². The number of hydrogen-bond acceptors (Lipinski definition) is 4. The van der Waals surface area contributed by atoms with Gasteiger partial charge in [-0.2, -0.15) is 5.10 Å². The Morgan fingerprint density at radius 1 is 1.75 bits per heavy atom. The summed E-state index contributed by atoms with van der Waals surface area (Å²) in [6, 6.07) is 1.52. The summed E-state index contributed by atoms with van der Waals surface area (Å²) in [6.45, 7) is 0.662. The number of nitrogen functional groups attached to an aromatic ring is 1. The number of nitrogens with zero attached hydrogens (tertiary/aromatic N) is 2. The van der Waals surface area contributed by atoms with Crippen LogP contribution in [0.15, 0.2) is 6.07 Å². The molecule has 0 bridgehead atoms. The SMILES string of the molecule is CN(CC1CC(O)C1)C(=O)c1cc(N)n[nH]1. The lowest BCUT2D eigenvalue weighted by atomic mass is 9.82. The van der Waals surface area contributed by atoms with Gasteiger partial charge in [-0.25, -0.2) is 0 Å². The maximum atomic E-state index is 11.9. The molecule has 1 heterocycles. The normalized spacial score (nSPS) is 23.9. The minimum absolute atomic E-state index is 0.120. The number of aliphatic hydroxyl groups excluding tert-OH is 1. The molecular weight excluding hydrogens is 208 g/mol. The first kappa shape index (κ1) is 10.9. The van der Waals surface area contributed by atoms with Crippen molar-refractivity contribution < 1.29 is 9.90 Å². The zero-order valence-corrected chi connectivity index (χ0v) is 9.18. The van der Waals surface area contributed by atoms with Crippen LogP contribution in [0.5, 0.6) is 0 Å². The van der Waals surface area contributed by atoms with E-state index in [2.05, 4.69) is 10.2 Å². The van der Waals surface area contributed by atoms with Gasteiger partial charge in [0.1, 0.15) is 11.5 Å². The van der Waals surface area contributed by atoms with E-state index in [1.54, 1.807) is 11.9 Å². The Kier molecular flexibility index (Phi) is 2.82. The highest BCUT2D eigenvalue weighted by molar-refractivity contribution is 5.92. The highest BCUT2D eigenvalue weighted by Gasteiger charge is 2.29. The fraction of sp³-hybridized carbons (Fsp3) is 0.600. The van der Waals surface area contributed by atoms with Crippen molar-refractivity contribution in [1.29, 1.82) is 0 Å². The van der Waals surface area contributed by atoms with Gasteiger partial charge in [0, 0.05) is 19.7 Å². The van der Waals surface area contributed by atoms with Crippen molar-refractivity contribution in [3.63, 3.8) is 0 Å². The number of anilines is 1. The fourth-order valence-corrected chi connectivity index (χ4v) is 1.97. The number of aromatic nitrogens is 2. The van der Waals surface area contributed by atoms with Gasteiger partial charge in [-0.05, 0) is 18.8 Å². The molecule has 88 valence electrons. The highest BCUT2D eigenvalue weighted by Crippen LogP contribution is 2.27. The lowest BCUT2D eigenvalue weighted by molar-refractivity contribution is 0.0264. The minimum atomic E-state index is -0.184. The van der Waals surface area contributed by atoms with Gasteiger partial charge < -0.3 is 15.7 Å². The van der Waals surface area contributed by atoms with Crippen molar-refractivity contribution in [2.24, 2.45) is 5.92 Å². The monoisotopic (exact) mass is 224 g/mol. The van der Waals surface area contributed by atoms with Crippen LogP contribution in [0.3, 0.4) is 0 Å². The number of carbonyl (C=O) groups excluding carboxylic acids is 1. The van der Waals surface area contributed by atoms with Crippen molar-refractivity contribution >= 4 is 11.7 Å². The van der Waals surface area contributed by atoms with Crippen LogP contribution in [0.25, 0.3) is 0 Å². The third-order valence-corrected chi connectivity index (χ3v) is 2.92. The summed E-state index contributed by atoms with van der Waals surface area (Å²) in [5.74, 6) is 0.602. The minimum Gasteiger partial charge on any atom is -0.393 e. The van der Waals surface area contributed by atoms with Crippen LogP contribution in [0.1, 0.15) is 23.3 Å². The summed E-state index contributed by atoms with van der Waals surface area (Å²) in [6.07, 6.45) is 1.38. The molecule has 0 spiro atoms. The van der Waals surface area contributed by atoms with E-state index in [0.717, 1.165) is 12.8 Å². The highest BCUT2D eigenvalue weighted by atomic mass is 16.3. The molecule has 0 aromatic carbocycles. The van der Waals surface area contributed by atoms with Gasteiger partial charge in [0.25, 0.3) is 5.91 Å². The topological polar surface area (TPSA) is 95.2 Å². The van der Waals surface area contributed by atoms with Gasteiger partial charge in [-0.1, -0.05) is 0 Å². The predicted octanol–water partition coefficient (Wildman–Crippen LogP) is -0.165. The summed E-state index contributed by atoms with van der Waals surface area (Å²) in [5, 5.41) is 15.5. The van der Waals surface area contributed by atoms with E-state index in [4.69, 9.17) is 10.8 Å². The molecule has 0 saturated heterocycles. The summed E-state index contributed by atoms with van der Waals surface area (Å²) < 4.78 is 0. The molecule has 1 aromatic heterocycles. The van der Waals surface area contributed by atoms with Gasteiger partial charge in [0.2, 0.25) is 0 Å². The lowest BCUT2D eigenvalue weighted by Crippen LogP contribution is -2.39. The van der Waals surface area contributed by atoms with Gasteiger partial charge in [0.05, 0.1) is 6.10 Å².